The summed E-state index contributed by atoms with van der Waals surface area (Å²) in [6.07, 6.45) is 0. The van der Waals surface area contributed by atoms with Crippen molar-refractivity contribution >= 4 is 19.4 Å². The van der Waals surface area contributed by atoms with E-state index in [-0.39, 0.29) is 0 Å². The Morgan fingerprint density at radius 1 is 1.12 bits per heavy atom. The second kappa shape index (κ2) is 3.93. The van der Waals surface area contributed by atoms with Crippen LogP contribution in [0.4, 0.5) is 0 Å². The lowest BCUT2D eigenvalue weighted by Crippen LogP contribution is -1.90. The van der Waals surface area contributed by atoms with Crippen molar-refractivity contribution in [3.05, 3.63) is 36.4 Å². The molecule has 0 aliphatic carbocycles. The van der Waals surface area contributed by atoms with Gasteiger partial charge in [0.1, 0.15) is 0 Å². The minimum absolute atomic E-state index is 0.595. The average molecular weight is 234 g/mol. The summed E-state index contributed by atoms with van der Waals surface area (Å²) in [7, 11) is -1.25. The van der Waals surface area contributed by atoms with Gasteiger partial charge in [0.15, 0.2) is 11.5 Å². The van der Waals surface area contributed by atoms with Crippen molar-refractivity contribution in [2.24, 2.45) is 0 Å². The Bertz CT molecular complexity index is 527. The molecule has 1 aliphatic rings. The van der Waals surface area contributed by atoms with E-state index in [9.17, 15) is 0 Å². The molecule has 1 unspecified atom stereocenters. The van der Waals surface area contributed by atoms with E-state index in [4.69, 9.17) is 13.6 Å². The maximum absolute atomic E-state index is 5.68. The molecule has 16 heavy (non-hydrogen) atoms. The van der Waals surface area contributed by atoms with Gasteiger partial charge in [-0.3, -0.25) is 4.52 Å². The first-order chi connectivity index (χ1) is 7.88. The minimum atomic E-state index is -1.25. The molecule has 0 saturated carbocycles. The van der Waals surface area contributed by atoms with Crippen molar-refractivity contribution in [2.45, 2.75) is 6.92 Å². The summed E-state index contributed by atoms with van der Waals surface area (Å²) < 4.78 is 16.6. The third-order valence-electron chi connectivity index (χ3n) is 2.42. The van der Waals surface area contributed by atoms with Gasteiger partial charge in [0, 0.05) is 5.39 Å². The zero-order chi connectivity index (χ0) is 11.0. The first-order valence-electron chi connectivity index (χ1n) is 5.19. The molecule has 0 saturated heterocycles. The van der Waals surface area contributed by atoms with Crippen molar-refractivity contribution in [1.82, 2.24) is 0 Å². The predicted molar refractivity (Wildman–Crippen MR) is 63.8 cm³/mol. The highest BCUT2D eigenvalue weighted by Crippen LogP contribution is 2.55. The predicted octanol–water partition coefficient (Wildman–Crippen LogP) is 3.87. The lowest BCUT2D eigenvalue weighted by Gasteiger charge is -2.04. The second-order valence-corrected chi connectivity index (χ2v) is 4.51. The van der Waals surface area contributed by atoms with Crippen LogP contribution in [0, 0.1) is 0 Å². The molecule has 1 atom stereocenters. The third-order valence-corrected chi connectivity index (χ3v) is 3.56. The van der Waals surface area contributed by atoms with Crippen LogP contribution in [0.15, 0.2) is 36.4 Å². The highest BCUT2D eigenvalue weighted by molar-refractivity contribution is 7.43. The maximum atomic E-state index is 5.68. The average Bonchev–Trinajstić information content (AvgIpc) is 2.72. The van der Waals surface area contributed by atoms with Crippen LogP contribution < -0.4 is 9.05 Å². The summed E-state index contributed by atoms with van der Waals surface area (Å²) in [6, 6.07) is 12.0. The van der Waals surface area contributed by atoms with Crippen molar-refractivity contribution < 1.29 is 13.6 Å². The van der Waals surface area contributed by atoms with E-state index in [1.807, 2.05) is 37.3 Å². The molecular weight excluding hydrogens is 223 g/mol. The van der Waals surface area contributed by atoms with E-state index in [1.165, 1.54) is 0 Å². The van der Waals surface area contributed by atoms with Crippen LogP contribution in [0.5, 0.6) is 11.5 Å². The molecule has 0 N–H and O–H groups in total. The molecule has 0 radical (unpaired) electrons. The number of benzene rings is 2. The maximum Gasteiger partial charge on any atom is 0.463 e. The van der Waals surface area contributed by atoms with Crippen LogP contribution in [0.2, 0.25) is 0 Å². The molecule has 1 heterocycles. The van der Waals surface area contributed by atoms with Crippen LogP contribution in [-0.2, 0) is 4.52 Å². The van der Waals surface area contributed by atoms with Gasteiger partial charge in [-0.15, -0.1) is 0 Å². The Morgan fingerprint density at radius 3 is 2.88 bits per heavy atom. The molecule has 3 rings (SSSR count). The first kappa shape index (κ1) is 9.88. The van der Waals surface area contributed by atoms with Crippen molar-refractivity contribution in [3.8, 4) is 11.5 Å². The largest absolute Gasteiger partial charge is 0.463 e. The number of hydrogen-bond acceptors (Lipinski definition) is 3. The molecule has 0 aromatic heterocycles. The van der Waals surface area contributed by atoms with E-state index in [2.05, 4.69) is 6.07 Å². The first-order valence-corrected chi connectivity index (χ1v) is 6.29. The lowest BCUT2D eigenvalue weighted by molar-refractivity contribution is 0.301. The summed E-state index contributed by atoms with van der Waals surface area (Å²) >= 11 is 0. The molecule has 82 valence electrons. The van der Waals surface area contributed by atoms with Crippen LogP contribution in [0.25, 0.3) is 10.8 Å². The van der Waals surface area contributed by atoms with Gasteiger partial charge >= 0.3 is 8.60 Å². The Kier molecular flexibility index (Phi) is 2.43. The number of hydrogen-bond donors (Lipinski definition) is 0. The normalized spacial score (nSPS) is 17.9. The molecule has 2 aromatic carbocycles. The summed E-state index contributed by atoms with van der Waals surface area (Å²) in [5, 5.41) is 2.22. The Hall–Kier alpha value is -1.31. The number of rotatable bonds is 2. The van der Waals surface area contributed by atoms with Crippen LogP contribution in [0.3, 0.4) is 0 Å². The van der Waals surface area contributed by atoms with Crippen molar-refractivity contribution in [1.29, 1.82) is 0 Å². The zero-order valence-corrected chi connectivity index (χ0v) is 9.74. The van der Waals surface area contributed by atoms with Gasteiger partial charge in [0.25, 0.3) is 0 Å². The number of fused-ring (bicyclic) bond motifs is 3. The van der Waals surface area contributed by atoms with Gasteiger partial charge in [-0.2, -0.15) is 0 Å². The van der Waals surface area contributed by atoms with E-state index in [0.717, 1.165) is 22.3 Å². The highest BCUT2D eigenvalue weighted by atomic mass is 31.2. The smallest absolute Gasteiger partial charge is 0.414 e. The fraction of sp³-hybridized carbons (Fsp3) is 0.167. The Balaban J connectivity index is 2.07. The molecule has 3 nitrogen and oxygen atoms in total. The zero-order valence-electron chi connectivity index (χ0n) is 8.84. The van der Waals surface area contributed by atoms with Gasteiger partial charge < -0.3 is 9.05 Å². The van der Waals surface area contributed by atoms with Crippen molar-refractivity contribution in [3.63, 3.8) is 0 Å². The topological polar surface area (TPSA) is 27.7 Å². The molecule has 0 bridgehead atoms. The van der Waals surface area contributed by atoms with E-state index < -0.39 is 8.60 Å². The van der Waals surface area contributed by atoms with Gasteiger partial charge in [0.05, 0.1) is 6.61 Å². The molecule has 0 spiro atoms. The molecule has 0 fully saturated rings. The van der Waals surface area contributed by atoms with E-state index in [1.54, 1.807) is 0 Å². The summed E-state index contributed by atoms with van der Waals surface area (Å²) in [5.74, 6) is 1.58. The molecule has 1 aliphatic heterocycles. The van der Waals surface area contributed by atoms with E-state index >= 15 is 0 Å². The van der Waals surface area contributed by atoms with Gasteiger partial charge in [0.2, 0.25) is 0 Å². The fourth-order valence-corrected chi connectivity index (χ4v) is 2.72. The lowest BCUT2D eigenvalue weighted by atomic mass is 10.1. The molecular formula is C12H11O3P. The quantitative estimate of drug-likeness (QED) is 0.738. The third kappa shape index (κ3) is 1.53. The van der Waals surface area contributed by atoms with Crippen LogP contribution >= 0.6 is 8.60 Å². The van der Waals surface area contributed by atoms with Gasteiger partial charge in [-0.05, 0) is 18.4 Å². The highest BCUT2D eigenvalue weighted by Gasteiger charge is 2.28. The summed E-state index contributed by atoms with van der Waals surface area (Å²) in [4.78, 5) is 0. The SMILES string of the molecule is CCOP1Oc2ccc3ccccc3c2O1. The summed E-state index contributed by atoms with van der Waals surface area (Å²) in [6.45, 7) is 2.52. The molecule has 4 heteroatoms. The van der Waals surface area contributed by atoms with Gasteiger partial charge in [-0.1, -0.05) is 30.3 Å². The summed E-state index contributed by atoms with van der Waals surface area (Å²) in [5.41, 5.74) is 0. The fourth-order valence-electron chi connectivity index (χ4n) is 1.72. The standard InChI is InChI=1S/C12H11O3P/c1-2-13-16-14-11-8-7-9-5-3-4-6-10(9)12(11)15-16/h3-8H,2H2,1H3. The monoisotopic (exact) mass is 234 g/mol. The Morgan fingerprint density at radius 2 is 2.00 bits per heavy atom. The minimum Gasteiger partial charge on any atom is -0.414 e. The second-order valence-electron chi connectivity index (χ2n) is 3.44. The van der Waals surface area contributed by atoms with Crippen molar-refractivity contribution in [2.75, 3.05) is 6.61 Å². The van der Waals surface area contributed by atoms with Crippen LogP contribution in [-0.4, -0.2) is 6.61 Å². The molecule has 2 aromatic rings. The Labute approximate surface area is 94.9 Å². The molecule has 0 amide bonds. The van der Waals surface area contributed by atoms with Crippen LogP contribution in [0.1, 0.15) is 6.92 Å². The van der Waals surface area contributed by atoms with Gasteiger partial charge in [-0.25, -0.2) is 0 Å². The van der Waals surface area contributed by atoms with E-state index in [0.29, 0.717) is 6.61 Å².